The first kappa shape index (κ1) is 15.3. The van der Waals surface area contributed by atoms with E-state index in [1.54, 1.807) is 0 Å². The van der Waals surface area contributed by atoms with E-state index in [-0.39, 0.29) is 10.9 Å². The van der Waals surface area contributed by atoms with E-state index in [0.29, 0.717) is 11.6 Å². The van der Waals surface area contributed by atoms with Gasteiger partial charge >= 0.3 is 0 Å². The molecular weight excluding hydrogens is 279 g/mol. The zero-order valence-electron chi connectivity index (χ0n) is 11.8. The number of amides is 1. The normalized spacial score (nSPS) is 19.7. The maximum Gasteiger partial charge on any atom is 0.230 e. The van der Waals surface area contributed by atoms with Crippen LogP contribution in [-0.2, 0) is 4.79 Å². The highest BCUT2D eigenvalue weighted by Gasteiger charge is 2.37. The minimum absolute atomic E-state index is 0.0138. The molecule has 20 heavy (non-hydrogen) atoms. The van der Waals surface area contributed by atoms with Crippen LogP contribution in [0.2, 0.25) is 5.02 Å². The molecule has 5 heteroatoms. The van der Waals surface area contributed by atoms with Crippen LogP contribution in [-0.4, -0.2) is 19.0 Å². The predicted octanol–water partition coefficient (Wildman–Crippen LogP) is 3.44. The van der Waals surface area contributed by atoms with E-state index >= 15 is 0 Å². The molecule has 1 saturated heterocycles. The fourth-order valence-corrected chi connectivity index (χ4v) is 2.70. The lowest BCUT2D eigenvalue weighted by Crippen LogP contribution is -2.44. The van der Waals surface area contributed by atoms with Gasteiger partial charge in [0.15, 0.2) is 0 Å². The Morgan fingerprint density at radius 2 is 2.25 bits per heavy atom. The second-order valence-corrected chi connectivity index (χ2v) is 6.26. The van der Waals surface area contributed by atoms with Gasteiger partial charge in [0, 0.05) is 11.1 Å². The van der Waals surface area contributed by atoms with Crippen molar-refractivity contribution >= 4 is 23.2 Å². The van der Waals surface area contributed by atoms with E-state index in [1.807, 2.05) is 13.8 Å². The monoisotopic (exact) mass is 298 g/mol. The summed E-state index contributed by atoms with van der Waals surface area (Å²) in [5.74, 6) is -0.249. The molecule has 1 aromatic carbocycles. The molecule has 1 aromatic rings. The van der Waals surface area contributed by atoms with Crippen molar-refractivity contribution < 1.29 is 9.18 Å². The van der Waals surface area contributed by atoms with Crippen LogP contribution in [0.4, 0.5) is 10.1 Å². The average Bonchev–Trinajstić information content (AvgIpc) is 2.44. The van der Waals surface area contributed by atoms with E-state index in [1.165, 1.54) is 18.2 Å². The Bertz CT molecular complexity index is 499. The fraction of sp³-hybridized carbons (Fsp3) is 0.533. The summed E-state index contributed by atoms with van der Waals surface area (Å²) in [7, 11) is 0. The molecule has 0 aliphatic carbocycles. The molecule has 1 aliphatic rings. The van der Waals surface area contributed by atoms with Crippen LogP contribution in [0.5, 0.6) is 0 Å². The van der Waals surface area contributed by atoms with Gasteiger partial charge in [-0.05, 0) is 50.0 Å². The summed E-state index contributed by atoms with van der Waals surface area (Å²) in [5, 5.41) is 6.17. The van der Waals surface area contributed by atoms with Crippen molar-refractivity contribution in [3.63, 3.8) is 0 Å². The molecule has 0 bridgehead atoms. The molecule has 2 N–H and O–H groups in total. The molecule has 0 aromatic heterocycles. The number of piperidine rings is 1. The fourth-order valence-electron chi connectivity index (χ4n) is 2.52. The molecular formula is C15H20ClFN2O. The molecule has 1 atom stereocenters. The Morgan fingerprint density at radius 1 is 1.50 bits per heavy atom. The zero-order chi connectivity index (χ0) is 14.8. The Kier molecular flexibility index (Phi) is 4.66. The number of carbonyl (C=O) groups excluding carboxylic acids is 1. The summed E-state index contributed by atoms with van der Waals surface area (Å²) in [4.78, 5) is 12.5. The zero-order valence-corrected chi connectivity index (χ0v) is 12.6. The smallest absolute Gasteiger partial charge is 0.230 e. The predicted molar refractivity (Wildman–Crippen MR) is 79.4 cm³/mol. The molecule has 110 valence electrons. The number of rotatable bonds is 3. The number of carbonyl (C=O) groups is 1. The van der Waals surface area contributed by atoms with Gasteiger partial charge in [-0.2, -0.15) is 0 Å². The lowest BCUT2D eigenvalue weighted by molar-refractivity contribution is -0.127. The number of nitrogens with one attached hydrogen (secondary N) is 2. The van der Waals surface area contributed by atoms with E-state index in [9.17, 15) is 9.18 Å². The van der Waals surface area contributed by atoms with Crippen LogP contribution in [0.15, 0.2) is 18.2 Å². The summed E-state index contributed by atoms with van der Waals surface area (Å²) in [6, 6.07) is 4.21. The molecule has 3 nitrogen and oxygen atoms in total. The van der Waals surface area contributed by atoms with E-state index in [2.05, 4.69) is 10.6 Å². The number of halogens is 2. The maximum atomic E-state index is 13.1. The third kappa shape index (κ3) is 3.30. The second kappa shape index (κ2) is 6.10. The summed E-state index contributed by atoms with van der Waals surface area (Å²) in [6.07, 6.45) is 2.13. The molecule has 1 fully saturated rings. The minimum Gasteiger partial charge on any atom is -0.326 e. The largest absolute Gasteiger partial charge is 0.326 e. The topological polar surface area (TPSA) is 41.1 Å². The molecule has 1 aliphatic heterocycles. The van der Waals surface area contributed by atoms with Gasteiger partial charge in [0.05, 0.1) is 5.02 Å². The third-order valence-electron chi connectivity index (χ3n) is 4.08. The Hall–Kier alpha value is -1.13. The van der Waals surface area contributed by atoms with Crippen LogP contribution in [0.1, 0.15) is 26.7 Å². The lowest BCUT2D eigenvalue weighted by atomic mass is 9.74. The van der Waals surface area contributed by atoms with Gasteiger partial charge in [-0.25, -0.2) is 4.39 Å². The Morgan fingerprint density at radius 3 is 2.85 bits per heavy atom. The van der Waals surface area contributed by atoms with Crippen LogP contribution in [0.3, 0.4) is 0 Å². The molecule has 1 heterocycles. The lowest BCUT2D eigenvalue weighted by Gasteiger charge is -2.36. The van der Waals surface area contributed by atoms with Crippen molar-refractivity contribution in [2.24, 2.45) is 11.3 Å². The first-order valence-corrected chi connectivity index (χ1v) is 7.26. The average molecular weight is 299 g/mol. The van der Waals surface area contributed by atoms with Crippen molar-refractivity contribution in [2.75, 3.05) is 18.4 Å². The van der Waals surface area contributed by atoms with Gasteiger partial charge in [0.1, 0.15) is 5.82 Å². The van der Waals surface area contributed by atoms with E-state index in [0.717, 1.165) is 25.9 Å². The van der Waals surface area contributed by atoms with E-state index < -0.39 is 11.2 Å². The summed E-state index contributed by atoms with van der Waals surface area (Å²) >= 11 is 5.72. The van der Waals surface area contributed by atoms with Crippen LogP contribution >= 0.6 is 11.6 Å². The van der Waals surface area contributed by atoms with Gasteiger partial charge in [0.2, 0.25) is 5.91 Å². The minimum atomic E-state index is -0.486. The Balaban J connectivity index is 2.07. The molecule has 0 spiro atoms. The third-order valence-corrected chi connectivity index (χ3v) is 4.37. The second-order valence-electron chi connectivity index (χ2n) is 5.85. The van der Waals surface area contributed by atoms with Gasteiger partial charge in [-0.15, -0.1) is 0 Å². The van der Waals surface area contributed by atoms with Crippen LogP contribution in [0.25, 0.3) is 0 Å². The van der Waals surface area contributed by atoms with Gasteiger partial charge in [-0.3, -0.25) is 4.79 Å². The maximum absolute atomic E-state index is 13.1. The number of hydrogen-bond donors (Lipinski definition) is 2. The number of hydrogen-bond acceptors (Lipinski definition) is 2. The molecule has 1 amide bonds. The van der Waals surface area contributed by atoms with Crippen molar-refractivity contribution in [3.05, 3.63) is 29.0 Å². The number of anilines is 1. The highest BCUT2D eigenvalue weighted by molar-refractivity contribution is 6.31. The molecule has 0 saturated carbocycles. The SMILES string of the molecule is CC(C)(C(=O)Nc1ccc(F)c(Cl)c1)C1CCCNC1. The Labute approximate surface area is 123 Å². The quantitative estimate of drug-likeness (QED) is 0.897. The van der Waals surface area contributed by atoms with Crippen LogP contribution < -0.4 is 10.6 Å². The first-order valence-electron chi connectivity index (χ1n) is 6.88. The highest BCUT2D eigenvalue weighted by Crippen LogP contribution is 2.33. The van der Waals surface area contributed by atoms with Gasteiger partial charge in [0.25, 0.3) is 0 Å². The van der Waals surface area contributed by atoms with Gasteiger partial charge in [-0.1, -0.05) is 25.4 Å². The molecule has 0 radical (unpaired) electrons. The number of benzene rings is 1. The summed E-state index contributed by atoms with van der Waals surface area (Å²) in [5.41, 5.74) is 0.0483. The standard InChI is InChI=1S/C15H20ClFN2O/c1-15(2,10-4-3-7-18-9-10)14(20)19-11-5-6-13(17)12(16)8-11/h5-6,8,10,18H,3-4,7,9H2,1-2H3,(H,19,20). The van der Waals surface area contributed by atoms with Gasteiger partial charge < -0.3 is 10.6 Å². The summed E-state index contributed by atoms with van der Waals surface area (Å²) in [6.45, 7) is 5.77. The molecule has 1 unspecified atom stereocenters. The highest BCUT2D eigenvalue weighted by atomic mass is 35.5. The van der Waals surface area contributed by atoms with Crippen molar-refractivity contribution in [2.45, 2.75) is 26.7 Å². The van der Waals surface area contributed by atoms with Crippen molar-refractivity contribution in [3.8, 4) is 0 Å². The van der Waals surface area contributed by atoms with Crippen molar-refractivity contribution in [1.82, 2.24) is 5.32 Å². The molecule has 2 rings (SSSR count). The van der Waals surface area contributed by atoms with Crippen molar-refractivity contribution in [1.29, 1.82) is 0 Å². The van der Waals surface area contributed by atoms with E-state index in [4.69, 9.17) is 11.6 Å². The van der Waals surface area contributed by atoms with Crippen LogP contribution in [0, 0.1) is 17.2 Å². The summed E-state index contributed by atoms with van der Waals surface area (Å²) < 4.78 is 13.1. The first-order chi connectivity index (χ1) is 9.41.